The summed E-state index contributed by atoms with van der Waals surface area (Å²) in [5, 5.41) is 0. The van der Waals surface area contributed by atoms with Crippen molar-refractivity contribution in [1.82, 2.24) is 4.31 Å². The minimum atomic E-state index is -3.73. The second-order valence-electron chi connectivity index (χ2n) is 5.49. The molecule has 0 N–H and O–H groups in total. The average Bonchev–Trinajstić information content (AvgIpc) is 2.47. The minimum absolute atomic E-state index is 0.214. The molecule has 0 saturated carbocycles. The van der Waals surface area contributed by atoms with Crippen LogP contribution >= 0.6 is 0 Å². The summed E-state index contributed by atoms with van der Waals surface area (Å²) in [6.45, 7) is 5.48. The second kappa shape index (κ2) is 6.48. The number of allylic oxidation sites excluding steroid dienone is 3. The molecule has 0 aliphatic carbocycles. The van der Waals surface area contributed by atoms with Crippen molar-refractivity contribution in [3.8, 4) is 0 Å². The monoisotopic (exact) mass is 319 g/mol. The first-order chi connectivity index (χ1) is 10.4. The van der Waals surface area contributed by atoms with E-state index in [0.717, 1.165) is 5.56 Å². The molecule has 0 bridgehead atoms. The van der Waals surface area contributed by atoms with E-state index in [1.54, 1.807) is 43.3 Å². The van der Waals surface area contributed by atoms with Crippen molar-refractivity contribution in [2.24, 2.45) is 0 Å². The summed E-state index contributed by atoms with van der Waals surface area (Å²) in [5.74, 6) is -0.273. The maximum Gasteiger partial charge on any atom is 0.264 e. The highest BCUT2D eigenvalue weighted by molar-refractivity contribution is 7.89. The van der Waals surface area contributed by atoms with E-state index in [-0.39, 0.29) is 22.4 Å². The molecule has 0 radical (unpaired) electrons. The lowest BCUT2D eigenvalue weighted by molar-refractivity contribution is -0.112. The van der Waals surface area contributed by atoms with Gasteiger partial charge in [-0.05, 0) is 51.8 Å². The largest absolute Gasteiger partial charge is 0.288 e. The molecule has 1 aliphatic heterocycles. The Bertz CT molecular complexity index is 715. The summed E-state index contributed by atoms with van der Waals surface area (Å²) in [6.07, 6.45) is 6.16. The molecule has 4 nitrogen and oxygen atoms in total. The van der Waals surface area contributed by atoms with Crippen LogP contribution in [0.3, 0.4) is 0 Å². The molecule has 0 fully saturated rings. The predicted molar refractivity (Wildman–Crippen MR) is 86.8 cm³/mol. The van der Waals surface area contributed by atoms with Crippen molar-refractivity contribution in [3.63, 3.8) is 0 Å². The molecule has 118 valence electrons. The number of carbonyl (C=O) groups excluding carboxylic acids is 1. The Labute approximate surface area is 132 Å². The lowest BCUT2D eigenvalue weighted by atomic mass is 10.1. The van der Waals surface area contributed by atoms with Gasteiger partial charge in [-0.1, -0.05) is 29.8 Å². The van der Waals surface area contributed by atoms with Gasteiger partial charge >= 0.3 is 0 Å². The molecule has 0 amide bonds. The summed E-state index contributed by atoms with van der Waals surface area (Å²) in [5.41, 5.74) is 1.24. The lowest BCUT2D eigenvalue weighted by Gasteiger charge is -2.34. The fraction of sp³-hybridized carbons (Fsp3) is 0.353. The first-order valence-corrected chi connectivity index (χ1v) is 8.80. The summed E-state index contributed by atoms with van der Waals surface area (Å²) < 4.78 is 27.1. The van der Waals surface area contributed by atoms with Crippen molar-refractivity contribution < 1.29 is 13.2 Å². The molecule has 1 aromatic carbocycles. The molecule has 1 atom stereocenters. The van der Waals surface area contributed by atoms with E-state index < -0.39 is 10.0 Å². The van der Waals surface area contributed by atoms with Gasteiger partial charge in [0, 0.05) is 6.04 Å². The molecule has 1 aliphatic rings. The van der Waals surface area contributed by atoms with Gasteiger partial charge in [0.2, 0.25) is 5.78 Å². The Kier molecular flexibility index (Phi) is 4.86. The van der Waals surface area contributed by atoms with E-state index in [0.29, 0.717) is 12.8 Å². The van der Waals surface area contributed by atoms with Crippen molar-refractivity contribution in [3.05, 3.63) is 53.8 Å². The van der Waals surface area contributed by atoms with Crippen LogP contribution in [-0.4, -0.2) is 24.5 Å². The van der Waals surface area contributed by atoms with Crippen molar-refractivity contribution in [1.29, 1.82) is 0 Å². The van der Waals surface area contributed by atoms with E-state index in [1.165, 1.54) is 10.4 Å². The van der Waals surface area contributed by atoms with E-state index in [9.17, 15) is 13.2 Å². The smallest absolute Gasteiger partial charge is 0.264 e. The van der Waals surface area contributed by atoms with Crippen LogP contribution in [-0.2, 0) is 14.8 Å². The first-order valence-electron chi connectivity index (χ1n) is 7.36. The Morgan fingerprint density at radius 2 is 1.91 bits per heavy atom. The third-order valence-corrected chi connectivity index (χ3v) is 5.65. The van der Waals surface area contributed by atoms with Gasteiger partial charge in [-0.2, -0.15) is 0 Å². The molecular formula is C17H21NO3S. The first kappa shape index (κ1) is 16.5. The highest BCUT2D eigenvalue weighted by atomic mass is 32.2. The third kappa shape index (κ3) is 3.14. The summed E-state index contributed by atoms with van der Waals surface area (Å²) in [7, 11) is -3.73. The lowest BCUT2D eigenvalue weighted by Crippen LogP contribution is -2.41. The van der Waals surface area contributed by atoms with E-state index in [1.807, 2.05) is 13.8 Å². The highest BCUT2D eigenvalue weighted by Gasteiger charge is 2.34. The number of benzene rings is 1. The van der Waals surface area contributed by atoms with E-state index >= 15 is 0 Å². The maximum absolute atomic E-state index is 12.9. The molecule has 5 heteroatoms. The zero-order chi connectivity index (χ0) is 16.3. The molecule has 0 spiro atoms. The van der Waals surface area contributed by atoms with Gasteiger partial charge in [0.15, 0.2) is 0 Å². The van der Waals surface area contributed by atoms with Crippen LogP contribution in [0.25, 0.3) is 0 Å². The van der Waals surface area contributed by atoms with E-state index in [4.69, 9.17) is 0 Å². The normalized spacial score (nSPS) is 19.3. The second-order valence-corrected chi connectivity index (χ2v) is 7.31. The number of rotatable bonds is 4. The van der Waals surface area contributed by atoms with Gasteiger partial charge in [-0.3, -0.25) is 9.10 Å². The average molecular weight is 319 g/mol. The van der Waals surface area contributed by atoms with Crippen molar-refractivity contribution >= 4 is 15.8 Å². The van der Waals surface area contributed by atoms with Crippen molar-refractivity contribution in [2.75, 3.05) is 0 Å². The van der Waals surface area contributed by atoms with E-state index in [2.05, 4.69) is 0 Å². The van der Waals surface area contributed by atoms with Gasteiger partial charge in [0.05, 0.1) is 10.6 Å². The number of carbonyl (C=O) groups is 1. The third-order valence-electron chi connectivity index (χ3n) is 3.71. The van der Waals surface area contributed by atoms with Crippen molar-refractivity contribution in [2.45, 2.75) is 44.6 Å². The van der Waals surface area contributed by atoms with Gasteiger partial charge in [0.1, 0.15) is 0 Å². The van der Waals surface area contributed by atoms with Crippen LogP contribution in [0.15, 0.2) is 53.1 Å². The van der Waals surface area contributed by atoms with Crippen LogP contribution in [0.5, 0.6) is 0 Å². The fourth-order valence-corrected chi connectivity index (χ4v) is 4.25. The summed E-state index contributed by atoms with van der Waals surface area (Å²) in [4.78, 5) is 12.4. The molecular weight excluding hydrogens is 298 g/mol. The Morgan fingerprint density at radius 3 is 2.50 bits per heavy atom. The van der Waals surface area contributed by atoms with Gasteiger partial charge in [-0.15, -0.1) is 0 Å². The number of sulfonamides is 1. The van der Waals surface area contributed by atoms with Crippen LogP contribution in [0, 0.1) is 6.92 Å². The van der Waals surface area contributed by atoms with Crippen LogP contribution in [0.2, 0.25) is 0 Å². The number of aryl methyl sites for hydroxylation is 1. The number of ketones is 1. The maximum atomic E-state index is 12.9. The highest BCUT2D eigenvalue weighted by Crippen LogP contribution is 2.29. The summed E-state index contributed by atoms with van der Waals surface area (Å²) >= 11 is 0. The topological polar surface area (TPSA) is 54.5 Å². The molecule has 1 heterocycles. The standard InChI is InChI=1S/C17H21NO3S/c1-4-6-17(19)16-8-5-7-14(3)18(16)22(20,21)15-11-9-13(2)10-12-15/h4,6,8-12,14H,5,7H2,1-3H3/b6-4+. The quantitative estimate of drug-likeness (QED) is 0.801. The zero-order valence-electron chi connectivity index (χ0n) is 13.1. The Hall–Kier alpha value is -1.88. The summed E-state index contributed by atoms with van der Waals surface area (Å²) in [6, 6.07) is 6.46. The number of hydrogen-bond donors (Lipinski definition) is 0. The predicted octanol–water partition coefficient (Wildman–Crippen LogP) is 3.20. The zero-order valence-corrected chi connectivity index (χ0v) is 13.9. The minimum Gasteiger partial charge on any atom is -0.288 e. The van der Waals surface area contributed by atoms with Gasteiger partial charge < -0.3 is 0 Å². The number of hydrogen-bond acceptors (Lipinski definition) is 3. The van der Waals surface area contributed by atoms with Gasteiger partial charge in [-0.25, -0.2) is 8.42 Å². The molecule has 1 unspecified atom stereocenters. The SMILES string of the molecule is C/C=C/C(=O)C1=CCCC(C)N1S(=O)(=O)c1ccc(C)cc1. The van der Waals surface area contributed by atoms with Gasteiger partial charge in [0.25, 0.3) is 10.0 Å². The Morgan fingerprint density at radius 1 is 1.27 bits per heavy atom. The van der Waals surface area contributed by atoms with Crippen LogP contribution in [0.4, 0.5) is 0 Å². The number of nitrogens with zero attached hydrogens (tertiary/aromatic N) is 1. The molecule has 1 aromatic rings. The molecule has 22 heavy (non-hydrogen) atoms. The Balaban J connectivity index is 2.50. The molecule has 0 saturated heterocycles. The fourth-order valence-electron chi connectivity index (χ4n) is 2.54. The van der Waals surface area contributed by atoms with Crippen LogP contribution in [0.1, 0.15) is 32.3 Å². The molecule has 2 rings (SSSR count). The molecule has 0 aromatic heterocycles. The van der Waals surface area contributed by atoms with Crippen LogP contribution < -0.4 is 0 Å².